The average Bonchev–Trinajstić information content (AvgIpc) is 3.24. The third-order valence-electron chi connectivity index (χ3n) is 4.93. The third-order valence-corrected chi connectivity index (χ3v) is 4.93. The Morgan fingerprint density at radius 3 is 2.58 bits per heavy atom. The molecule has 0 saturated heterocycles. The number of benzene rings is 1. The van der Waals surface area contributed by atoms with Gasteiger partial charge in [-0.15, -0.1) is 0 Å². The molecule has 2 aromatic heterocycles. The molecule has 3 aromatic rings. The molecule has 6 nitrogen and oxygen atoms in total. The van der Waals surface area contributed by atoms with Gasteiger partial charge in [-0.3, -0.25) is 4.79 Å². The summed E-state index contributed by atoms with van der Waals surface area (Å²) in [6.07, 6.45) is 5.67. The molecule has 0 bridgehead atoms. The lowest BCUT2D eigenvalue weighted by Crippen LogP contribution is -2.23. The number of amides is 1. The van der Waals surface area contributed by atoms with Crippen molar-refractivity contribution in [1.82, 2.24) is 24.6 Å². The summed E-state index contributed by atoms with van der Waals surface area (Å²) in [5.41, 5.74) is 5.27. The van der Waals surface area contributed by atoms with E-state index >= 15 is 0 Å². The van der Waals surface area contributed by atoms with Crippen LogP contribution in [0, 0.1) is 13.8 Å². The number of aromatic nitrogens is 4. The minimum Gasteiger partial charge on any atom is -0.348 e. The predicted octanol–water partition coefficient (Wildman–Crippen LogP) is 3.01. The standard InChI is InChI=1S/C20H23N5O/c1-14-9-19(15(2)25(14)18-7-8-18)20(26)22-10-16-3-5-17(6-4-16)11-24-13-21-12-23-24/h3-6,9,12-13,18H,7-8,10-11H2,1-2H3,(H,22,26). The van der Waals surface area contributed by atoms with E-state index in [1.54, 1.807) is 11.0 Å². The van der Waals surface area contributed by atoms with E-state index < -0.39 is 0 Å². The number of hydrogen-bond donors (Lipinski definition) is 1. The lowest BCUT2D eigenvalue weighted by Gasteiger charge is -2.09. The highest BCUT2D eigenvalue weighted by atomic mass is 16.1. The van der Waals surface area contributed by atoms with Crippen LogP contribution in [0.1, 0.15) is 51.8 Å². The van der Waals surface area contributed by atoms with Gasteiger partial charge in [0.25, 0.3) is 5.91 Å². The lowest BCUT2D eigenvalue weighted by atomic mass is 10.1. The van der Waals surface area contributed by atoms with Crippen molar-refractivity contribution in [2.75, 3.05) is 0 Å². The molecular formula is C20H23N5O. The SMILES string of the molecule is Cc1cc(C(=O)NCc2ccc(Cn3cncn3)cc2)c(C)n1C1CC1. The van der Waals surface area contributed by atoms with Crippen LogP contribution in [0.4, 0.5) is 0 Å². The number of nitrogens with zero attached hydrogens (tertiary/aromatic N) is 4. The molecule has 4 rings (SSSR count). The number of hydrogen-bond acceptors (Lipinski definition) is 3. The van der Waals surface area contributed by atoms with Crippen molar-refractivity contribution in [1.29, 1.82) is 0 Å². The fraction of sp³-hybridized carbons (Fsp3) is 0.350. The molecule has 0 atom stereocenters. The maximum atomic E-state index is 12.6. The van der Waals surface area contributed by atoms with Crippen molar-refractivity contribution in [3.63, 3.8) is 0 Å². The van der Waals surface area contributed by atoms with Gasteiger partial charge < -0.3 is 9.88 Å². The number of rotatable bonds is 6. The van der Waals surface area contributed by atoms with E-state index in [1.807, 2.05) is 25.1 Å². The van der Waals surface area contributed by atoms with Gasteiger partial charge in [0, 0.05) is 24.0 Å². The lowest BCUT2D eigenvalue weighted by molar-refractivity contribution is 0.0950. The van der Waals surface area contributed by atoms with Gasteiger partial charge in [0.05, 0.1) is 12.1 Å². The average molecular weight is 349 g/mol. The minimum absolute atomic E-state index is 0.00306. The Kier molecular flexibility index (Phi) is 4.32. The fourth-order valence-electron chi connectivity index (χ4n) is 3.44. The monoisotopic (exact) mass is 349 g/mol. The predicted molar refractivity (Wildman–Crippen MR) is 98.9 cm³/mol. The first-order valence-electron chi connectivity index (χ1n) is 8.98. The number of aryl methyl sites for hydroxylation is 1. The molecule has 134 valence electrons. The van der Waals surface area contributed by atoms with Crippen LogP contribution in [0.15, 0.2) is 43.0 Å². The summed E-state index contributed by atoms with van der Waals surface area (Å²) in [5.74, 6) is -0.00306. The largest absolute Gasteiger partial charge is 0.348 e. The Hall–Kier alpha value is -2.89. The molecule has 1 aromatic carbocycles. The van der Waals surface area contributed by atoms with Crippen molar-refractivity contribution in [3.8, 4) is 0 Å². The zero-order chi connectivity index (χ0) is 18.1. The first-order chi connectivity index (χ1) is 12.6. The van der Waals surface area contributed by atoms with Crippen LogP contribution in [-0.2, 0) is 13.1 Å². The van der Waals surface area contributed by atoms with E-state index in [4.69, 9.17) is 0 Å². The van der Waals surface area contributed by atoms with Crippen molar-refractivity contribution in [3.05, 3.63) is 71.1 Å². The maximum Gasteiger partial charge on any atom is 0.253 e. The van der Waals surface area contributed by atoms with E-state index in [1.165, 1.54) is 24.9 Å². The molecule has 1 aliphatic rings. The summed E-state index contributed by atoms with van der Waals surface area (Å²) in [6, 6.07) is 10.8. The molecule has 0 unspecified atom stereocenters. The summed E-state index contributed by atoms with van der Waals surface area (Å²) >= 11 is 0. The molecule has 1 saturated carbocycles. The van der Waals surface area contributed by atoms with Gasteiger partial charge in [-0.25, -0.2) is 9.67 Å². The second kappa shape index (κ2) is 6.78. The topological polar surface area (TPSA) is 64.7 Å². The van der Waals surface area contributed by atoms with Crippen LogP contribution in [0.3, 0.4) is 0 Å². The highest BCUT2D eigenvalue weighted by Gasteiger charge is 2.28. The van der Waals surface area contributed by atoms with Gasteiger partial charge in [-0.05, 0) is 43.9 Å². The number of carbonyl (C=O) groups is 1. The molecule has 1 aliphatic carbocycles. The second-order valence-electron chi connectivity index (χ2n) is 6.98. The van der Waals surface area contributed by atoms with E-state index in [0.717, 1.165) is 22.4 Å². The summed E-state index contributed by atoms with van der Waals surface area (Å²) in [6.45, 7) is 5.34. The van der Waals surface area contributed by atoms with Crippen LogP contribution in [0.25, 0.3) is 0 Å². The molecule has 0 radical (unpaired) electrons. The molecule has 2 heterocycles. The zero-order valence-electron chi connectivity index (χ0n) is 15.1. The van der Waals surface area contributed by atoms with E-state index in [9.17, 15) is 4.79 Å². The number of carbonyl (C=O) groups excluding carboxylic acids is 1. The minimum atomic E-state index is -0.00306. The van der Waals surface area contributed by atoms with Crippen LogP contribution < -0.4 is 5.32 Å². The van der Waals surface area contributed by atoms with Gasteiger partial charge in [0.2, 0.25) is 0 Å². The molecule has 1 fully saturated rings. The Morgan fingerprint density at radius 1 is 1.19 bits per heavy atom. The normalized spacial score (nSPS) is 13.8. The molecule has 26 heavy (non-hydrogen) atoms. The summed E-state index contributed by atoms with van der Waals surface area (Å²) in [7, 11) is 0. The van der Waals surface area contributed by atoms with Crippen LogP contribution >= 0.6 is 0 Å². The van der Waals surface area contributed by atoms with E-state index in [0.29, 0.717) is 19.1 Å². The van der Waals surface area contributed by atoms with Crippen LogP contribution in [0.5, 0.6) is 0 Å². The highest BCUT2D eigenvalue weighted by molar-refractivity contribution is 5.95. The first kappa shape index (κ1) is 16.6. The van der Waals surface area contributed by atoms with Crippen molar-refractivity contribution < 1.29 is 4.79 Å². The van der Waals surface area contributed by atoms with Crippen LogP contribution in [-0.4, -0.2) is 25.2 Å². The zero-order valence-corrected chi connectivity index (χ0v) is 15.1. The third kappa shape index (κ3) is 3.40. The molecule has 1 amide bonds. The molecule has 0 aliphatic heterocycles. The van der Waals surface area contributed by atoms with Gasteiger partial charge in [-0.1, -0.05) is 24.3 Å². The van der Waals surface area contributed by atoms with Crippen molar-refractivity contribution >= 4 is 5.91 Å². The Bertz CT molecular complexity index is 905. The summed E-state index contributed by atoms with van der Waals surface area (Å²) in [4.78, 5) is 16.5. The molecular weight excluding hydrogens is 326 g/mol. The quantitative estimate of drug-likeness (QED) is 0.744. The maximum absolute atomic E-state index is 12.6. The summed E-state index contributed by atoms with van der Waals surface area (Å²) < 4.78 is 4.08. The van der Waals surface area contributed by atoms with Crippen molar-refractivity contribution in [2.24, 2.45) is 0 Å². The van der Waals surface area contributed by atoms with Crippen LogP contribution in [0.2, 0.25) is 0 Å². The van der Waals surface area contributed by atoms with E-state index in [2.05, 4.69) is 39.0 Å². The number of nitrogens with one attached hydrogen (secondary N) is 1. The Morgan fingerprint density at radius 2 is 1.92 bits per heavy atom. The first-order valence-corrected chi connectivity index (χ1v) is 8.98. The van der Waals surface area contributed by atoms with E-state index in [-0.39, 0.29) is 5.91 Å². The molecule has 6 heteroatoms. The highest BCUT2D eigenvalue weighted by Crippen LogP contribution is 2.38. The van der Waals surface area contributed by atoms with Gasteiger partial charge in [0.1, 0.15) is 12.7 Å². The van der Waals surface area contributed by atoms with Gasteiger partial charge in [0.15, 0.2) is 0 Å². The second-order valence-corrected chi connectivity index (χ2v) is 6.98. The smallest absolute Gasteiger partial charge is 0.253 e. The van der Waals surface area contributed by atoms with Gasteiger partial charge in [-0.2, -0.15) is 5.10 Å². The Balaban J connectivity index is 1.38. The molecule has 0 spiro atoms. The molecule has 1 N–H and O–H groups in total. The van der Waals surface area contributed by atoms with Gasteiger partial charge >= 0.3 is 0 Å². The van der Waals surface area contributed by atoms with Crippen molar-refractivity contribution in [2.45, 2.75) is 45.8 Å². The summed E-state index contributed by atoms with van der Waals surface area (Å²) in [5, 5.41) is 7.15. The Labute approximate surface area is 152 Å². The fourth-order valence-corrected chi connectivity index (χ4v) is 3.44.